The fourth-order valence-corrected chi connectivity index (χ4v) is 4.66. The van der Waals surface area contributed by atoms with Gasteiger partial charge in [-0.15, -0.1) is 0 Å². The number of allylic oxidation sites excluding steroid dienone is 5. The molecule has 3 aromatic rings. The topological polar surface area (TPSA) is 107 Å². The van der Waals surface area contributed by atoms with E-state index in [1.54, 1.807) is 30.7 Å². The monoisotopic (exact) mass is 592 g/mol. The number of hydrogen-bond donors (Lipinski definition) is 1. The molecule has 0 aliphatic carbocycles. The third-order valence-corrected chi connectivity index (χ3v) is 6.64. The summed E-state index contributed by atoms with van der Waals surface area (Å²) in [6.07, 6.45) is 4.05. The summed E-state index contributed by atoms with van der Waals surface area (Å²) in [6.45, 7) is 8.26. The molecule has 9 nitrogen and oxygen atoms in total. The van der Waals surface area contributed by atoms with Gasteiger partial charge in [-0.25, -0.2) is 29.0 Å². The van der Waals surface area contributed by atoms with Crippen LogP contribution in [0.2, 0.25) is 0 Å². The van der Waals surface area contributed by atoms with Crippen molar-refractivity contribution in [3.05, 3.63) is 95.8 Å². The predicted molar refractivity (Wildman–Crippen MR) is 158 cm³/mol. The number of fused-ring (bicyclic) bond motifs is 2. The number of benzene rings is 1. The van der Waals surface area contributed by atoms with Crippen molar-refractivity contribution in [3.63, 3.8) is 0 Å². The van der Waals surface area contributed by atoms with Crippen LogP contribution in [-0.4, -0.2) is 49.2 Å². The third-order valence-electron chi connectivity index (χ3n) is 6.64. The first-order valence-electron chi connectivity index (χ1n) is 13.3. The highest BCUT2D eigenvalue weighted by Gasteiger charge is 2.29. The Balaban J connectivity index is 1.60. The van der Waals surface area contributed by atoms with E-state index in [-0.39, 0.29) is 24.7 Å². The molecule has 0 amide bonds. The molecule has 1 aromatic carbocycles. The van der Waals surface area contributed by atoms with Crippen LogP contribution in [0.15, 0.2) is 88.7 Å². The quantitative estimate of drug-likeness (QED) is 0.193. The molecule has 4 heterocycles. The molecule has 43 heavy (non-hydrogen) atoms. The third kappa shape index (κ3) is 6.25. The number of amidine groups is 1. The number of hydrogen-bond acceptors (Lipinski definition) is 8. The molecule has 0 unspecified atom stereocenters. The Morgan fingerprint density at radius 1 is 1.21 bits per heavy atom. The van der Waals surface area contributed by atoms with Crippen LogP contribution < -0.4 is 5.73 Å². The van der Waals surface area contributed by atoms with Gasteiger partial charge in [-0.3, -0.25) is 0 Å². The molecule has 2 aliphatic rings. The number of anilines is 1. The van der Waals surface area contributed by atoms with Crippen molar-refractivity contribution in [2.24, 2.45) is 9.98 Å². The average molecular weight is 593 g/mol. The Bertz CT molecular complexity index is 1790. The number of rotatable bonds is 7. The maximum absolute atomic E-state index is 14.4. The molecule has 2 aromatic heterocycles. The Morgan fingerprint density at radius 3 is 2.72 bits per heavy atom. The number of alkyl halides is 3. The van der Waals surface area contributed by atoms with E-state index in [0.29, 0.717) is 50.7 Å². The molecule has 5 rings (SSSR count). The first-order valence-corrected chi connectivity index (χ1v) is 13.3. The highest BCUT2D eigenvalue weighted by atomic mass is 19.4. The fraction of sp³-hybridized carbons (Fsp3) is 0.233. The van der Waals surface area contributed by atoms with Crippen LogP contribution >= 0.6 is 0 Å². The summed E-state index contributed by atoms with van der Waals surface area (Å²) in [4.78, 5) is 19.4. The number of aliphatic imine (C=N–C) groups is 2. The van der Waals surface area contributed by atoms with Crippen LogP contribution in [0, 0.1) is 5.82 Å². The average Bonchev–Trinajstić information content (AvgIpc) is 3.32. The van der Waals surface area contributed by atoms with Gasteiger partial charge in [0.25, 0.3) is 0 Å². The lowest BCUT2D eigenvalue weighted by Crippen LogP contribution is -2.30. The van der Waals surface area contributed by atoms with E-state index in [1.165, 1.54) is 24.7 Å². The summed E-state index contributed by atoms with van der Waals surface area (Å²) in [5.41, 5.74) is 10.9. The molecular formula is C30H28F4N8O. The van der Waals surface area contributed by atoms with Crippen LogP contribution in [-0.2, 0) is 11.3 Å². The second-order valence-electron chi connectivity index (χ2n) is 9.88. The van der Waals surface area contributed by atoms with Gasteiger partial charge in [-0.05, 0) is 48.8 Å². The Morgan fingerprint density at radius 2 is 2.00 bits per heavy atom. The lowest BCUT2D eigenvalue weighted by atomic mass is 9.97. The molecule has 0 fully saturated rings. The normalized spacial score (nSPS) is 16.1. The second kappa shape index (κ2) is 11.7. The zero-order valence-electron chi connectivity index (χ0n) is 23.7. The maximum atomic E-state index is 14.4. The molecule has 0 saturated carbocycles. The van der Waals surface area contributed by atoms with Gasteiger partial charge < -0.3 is 15.4 Å². The molecule has 0 radical (unpaired) electrons. The minimum atomic E-state index is -4.48. The summed E-state index contributed by atoms with van der Waals surface area (Å²) in [5.74, 6) is 0.303. The van der Waals surface area contributed by atoms with Crippen molar-refractivity contribution in [1.82, 2.24) is 24.6 Å². The first kappa shape index (κ1) is 29.4. The van der Waals surface area contributed by atoms with E-state index < -0.39 is 18.6 Å². The molecule has 13 heteroatoms. The summed E-state index contributed by atoms with van der Waals surface area (Å²) >= 11 is 0. The van der Waals surface area contributed by atoms with Crippen LogP contribution in [0.1, 0.15) is 38.4 Å². The van der Waals surface area contributed by atoms with Crippen molar-refractivity contribution in [2.75, 3.05) is 12.3 Å². The fourth-order valence-electron chi connectivity index (χ4n) is 4.66. The highest BCUT2D eigenvalue weighted by Crippen LogP contribution is 2.37. The zero-order chi connectivity index (χ0) is 30.9. The molecule has 2 N–H and O–H groups in total. The van der Waals surface area contributed by atoms with E-state index >= 15 is 0 Å². The predicted octanol–water partition coefficient (Wildman–Crippen LogP) is 6.41. The van der Waals surface area contributed by atoms with Gasteiger partial charge >= 0.3 is 6.18 Å². The number of nitrogen functional groups attached to an aromatic ring is 1. The van der Waals surface area contributed by atoms with Gasteiger partial charge in [0.1, 0.15) is 29.5 Å². The Kier molecular flexibility index (Phi) is 7.98. The number of halogens is 4. The summed E-state index contributed by atoms with van der Waals surface area (Å²) < 4.78 is 58.7. The highest BCUT2D eigenvalue weighted by molar-refractivity contribution is 6.03. The van der Waals surface area contributed by atoms with Crippen molar-refractivity contribution in [1.29, 1.82) is 0 Å². The largest absolute Gasteiger partial charge is 0.471 e. The van der Waals surface area contributed by atoms with Crippen LogP contribution in [0.5, 0.6) is 0 Å². The molecular weight excluding hydrogens is 564 g/mol. The molecule has 0 spiro atoms. The molecule has 2 aliphatic heterocycles. The number of ether oxygens (including phenoxy) is 1. The molecule has 0 atom stereocenters. The van der Waals surface area contributed by atoms with Gasteiger partial charge in [-0.1, -0.05) is 31.7 Å². The van der Waals surface area contributed by atoms with E-state index in [9.17, 15) is 17.6 Å². The Hall–Kier alpha value is -5.07. The van der Waals surface area contributed by atoms with E-state index in [1.807, 2.05) is 30.2 Å². The van der Waals surface area contributed by atoms with E-state index in [0.717, 1.165) is 5.57 Å². The van der Waals surface area contributed by atoms with Gasteiger partial charge in [0, 0.05) is 30.1 Å². The van der Waals surface area contributed by atoms with Gasteiger partial charge in [0.2, 0.25) is 0 Å². The molecule has 0 bridgehead atoms. The van der Waals surface area contributed by atoms with Gasteiger partial charge in [0.05, 0.1) is 17.6 Å². The maximum Gasteiger partial charge on any atom is 0.422 e. The Labute approximate surface area is 244 Å². The number of aromatic nitrogens is 4. The summed E-state index contributed by atoms with van der Waals surface area (Å²) in [7, 11) is 0. The van der Waals surface area contributed by atoms with Crippen LogP contribution in [0.3, 0.4) is 0 Å². The van der Waals surface area contributed by atoms with E-state index in [4.69, 9.17) is 20.6 Å². The smallest absolute Gasteiger partial charge is 0.422 e. The second-order valence-corrected chi connectivity index (χ2v) is 9.88. The van der Waals surface area contributed by atoms with Crippen molar-refractivity contribution in [2.45, 2.75) is 39.9 Å². The standard InChI is InChI=1S/C30H28F4N8O/c1-5-24(43-15-30(32,33)34)36-12-18(3)27-26-28(35)37-16-38-29(26)42(40-27)14-22-25(20-7-6-8-21(31)11-20)19(4)41-13-17(2)9-10-23(41)39-22/h6-13,16H,4-5,14-15H2,1-3H3,(H2,35,37,38)/b18-12+,36-24?. The minimum Gasteiger partial charge on any atom is -0.471 e. The van der Waals surface area contributed by atoms with Crippen LogP contribution in [0.25, 0.3) is 22.2 Å². The summed E-state index contributed by atoms with van der Waals surface area (Å²) in [6, 6.07) is 6.18. The van der Waals surface area contributed by atoms with Gasteiger partial charge in [-0.2, -0.15) is 18.3 Å². The van der Waals surface area contributed by atoms with Crippen molar-refractivity contribution < 1.29 is 22.3 Å². The molecule has 0 saturated heterocycles. The van der Waals surface area contributed by atoms with E-state index in [2.05, 4.69) is 21.5 Å². The number of nitrogens with two attached hydrogens (primary N) is 1. The SMILES string of the molecule is C=C1C(c2cccc(F)c2)=C(Cn2nc(/C(C)=C/N=C(CC)OCC(F)(F)F)c3c(N)ncnc32)N=C2C=CC(C)=CN12. The summed E-state index contributed by atoms with van der Waals surface area (Å²) in [5, 5.41) is 5.18. The van der Waals surface area contributed by atoms with Gasteiger partial charge in [0.15, 0.2) is 18.2 Å². The van der Waals surface area contributed by atoms with Crippen LogP contribution in [0.4, 0.5) is 23.4 Å². The van der Waals surface area contributed by atoms with Crippen molar-refractivity contribution >= 4 is 39.7 Å². The van der Waals surface area contributed by atoms with Crippen molar-refractivity contribution in [3.8, 4) is 0 Å². The minimum absolute atomic E-state index is 0.0829. The lowest BCUT2D eigenvalue weighted by Gasteiger charge is -2.32. The zero-order valence-corrected chi connectivity index (χ0v) is 23.7. The molecule has 222 valence electrons. The first-order chi connectivity index (χ1) is 20.4. The lowest BCUT2D eigenvalue weighted by molar-refractivity contribution is -0.156. The number of nitrogens with zero attached hydrogens (tertiary/aromatic N) is 7.